The Hall–Kier alpha value is -0.610. The van der Waals surface area contributed by atoms with Gasteiger partial charge in [0, 0.05) is 12.8 Å². The molecular weight excluding hydrogens is 302 g/mol. The Morgan fingerprint density at radius 1 is 1.00 bits per heavy atom. The first-order valence-electron chi connectivity index (χ1n) is 9.83. The summed E-state index contributed by atoms with van der Waals surface area (Å²) in [6.45, 7) is 8.08. The zero-order valence-electron chi connectivity index (χ0n) is 16.9. The second kappa shape index (κ2) is 12.7. The van der Waals surface area contributed by atoms with Gasteiger partial charge in [0.25, 0.3) is 0 Å². The number of hydrogen-bond acceptors (Lipinski definition) is 4. The van der Waals surface area contributed by atoms with Crippen molar-refractivity contribution in [3.63, 3.8) is 0 Å². The molecule has 0 bridgehead atoms. The van der Waals surface area contributed by atoms with Crippen molar-refractivity contribution in [2.75, 3.05) is 14.1 Å². The van der Waals surface area contributed by atoms with Crippen molar-refractivity contribution in [3.05, 3.63) is 0 Å². The molecule has 0 aliphatic rings. The minimum Gasteiger partial charge on any atom is -0.441 e. The number of aliphatic hydroxyl groups is 1. The lowest BCUT2D eigenvalue weighted by Crippen LogP contribution is -2.56. The van der Waals surface area contributed by atoms with E-state index in [0.29, 0.717) is 18.8 Å². The molecule has 0 aliphatic carbocycles. The molecule has 0 rings (SSSR count). The predicted molar refractivity (Wildman–Crippen MR) is 101 cm³/mol. The Kier molecular flexibility index (Phi) is 12.4. The second-order valence-electron chi connectivity index (χ2n) is 7.71. The van der Waals surface area contributed by atoms with E-state index in [1.54, 1.807) is 6.92 Å². The maximum absolute atomic E-state index is 12.3. The minimum absolute atomic E-state index is 0.198. The first-order chi connectivity index (χ1) is 11.3. The standard InChI is InChI=1S/C20H41NO3/c1-7-8-9-10-11-12-13-14-15-19(23)24-20(18(4)22,21(5)6)16-17(2)3/h17-18,22H,7-16H2,1-6H3. The molecule has 0 saturated heterocycles. The van der Waals surface area contributed by atoms with E-state index in [1.165, 1.54) is 38.5 Å². The van der Waals surface area contributed by atoms with Crippen LogP contribution < -0.4 is 0 Å². The lowest BCUT2D eigenvalue weighted by Gasteiger charge is -2.42. The average molecular weight is 344 g/mol. The van der Waals surface area contributed by atoms with Crippen LogP contribution in [-0.4, -0.2) is 41.9 Å². The van der Waals surface area contributed by atoms with E-state index in [1.807, 2.05) is 19.0 Å². The maximum atomic E-state index is 12.3. The fraction of sp³-hybridized carbons (Fsp3) is 0.950. The Morgan fingerprint density at radius 3 is 1.92 bits per heavy atom. The van der Waals surface area contributed by atoms with Crippen LogP contribution in [0.4, 0.5) is 0 Å². The third-order valence-corrected chi connectivity index (χ3v) is 4.64. The summed E-state index contributed by atoms with van der Waals surface area (Å²) >= 11 is 0. The van der Waals surface area contributed by atoms with Crippen LogP contribution in [-0.2, 0) is 9.53 Å². The van der Waals surface area contributed by atoms with Gasteiger partial charge in [0.15, 0.2) is 5.72 Å². The van der Waals surface area contributed by atoms with E-state index in [9.17, 15) is 9.90 Å². The highest BCUT2D eigenvalue weighted by Crippen LogP contribution is 2.28. The summed E-state index contributed by atoms with van der Waals surface area (Å²) < 4.78 is 5.77. The largest absolute Gasteiger partial charge is 0.441 e. The molecule has 0 aromatic carbocycles. The number of unbranched alkanes of at least 4 members (excludes halogenated alkanes) is 7. The predicted octanol–water partition coefficient (Wildman–Crippen LogP) is 4.75. The quantitative estimate of drug-likeness (QED) is 0.281. The molecular formula is C20H41NO3. The molecule has 0 heterocycles. The molecule has 0 aromatic heterocycles. The SMILES string of the molecule is CCCCCCCCCCC(=O)OC(CC(C)C)(C(C)O)N(C)C. The molecule has 4 heteroatoms. The Morgan fingerprint density at radius 2 is 1.50 bits per heavy atom. The molecule has 0 saturated carbocycles. The van der Waals surface area contributed by atoms with Crippen LogP contribution in [0.1, 0.15) is 91.9 Å². The molecule has 144 valence electrons. The van der Waals surface area contributed by atoms with Crippen LogP contribution in [0, 0.1) is 5.92 Å². The smallest absolute Gasteiger partial charge is 0.307 e. The molecule has 0 spiro atoms. The van der Waals surface area contributed by atoms with Gasteiger partial charge in [-0.3, -0.25) is 9.69 Å². The topological polar surface area (TPSA) is 49.8 Å². The third kappa shape index (κ3) is 9.03. The summed E-state index contributed by atoms with van der Waals surface area (Å²) in [6.07, 6.45) is 9.98. The Bertz CT molecular complexity index is 319. The summed E-state index contributed by atoms with van der Waals surface area (Å²) in [7, 11) is 3.72. The van der Waals surface area contributed by atoms with Crippen LogP contribution in [0.15, 0.2) is 0 Å². The molecule has 2 atom stereocenters. The van der Waals surface area contributed by atoms with Gasteiger partial charge in [-0.05, 0) is 33.4 Å². The Balaban J connectivity index is 4.24. The lowest BCUT2D eigenvalue weighted by molar-refractivity contribution is -0.210. The molecule has 0 aliphatic heterocycles. The van der Waals surface area contributed by atoms with Gasteiger partial charge in [-0.15, -0.1) is 0 Å². The summed E-state index contributed by atoms with van der Waals surface area (Å²) in [4.78, 5) is 14.1. The maximum Gasteiger partial charge on any atom is 0.307 e. The van der Waals surface area contributed by atoms with E-state index in [2.05, 4.69) is 20.8 Å². The number of rotatable bonds is 14. The summed E-state index contributed by atoms with van der Waals surface area (Å²) in [5.74, 6) is 0.133. The third-order valence-electron chi connectivity index (χ3n) is 4.64. The highest BCUT2D eigenvalue weighted by molar-refractivity contribution is 5.69. The van der Waals surface area contributed by atoms with Crippen molar-refractivity contribution in [2.24, 2.45) is 5.92 Å². The Labute approximate surface area is 150 Å². The van der Waals surface area contributed by atoms with Crippen molar-refractivity contribution in [1.29, 1.82) is 0 Å². The molecule has 24 heavy (non-hydrogen) atoms. The van der Waals surface area contributed by atoms with Crippen molar-refractivity contribution in [3.8, 4) is 0 Å². The molecule has 1 N–H and O–H groups in total. The van der Waals surface area contributed by atoms with Gasteiger partial charge in [-0.1, -0.05) is 65.7 Å². The van der Waals surface area contributed by atoms with Crippen molar-refractivity contribution < 1.29 is 14.6 Å². The summed E-state index contributed by atoms with van der Waals surface area (Å²) in [5, 5.41) is 10.2. The first kappa shape index (κ1) is 23.4. The van der Waals surface area contributed by atoms with Gasteiger partial charge in [-0.25, -0.2) is 0 Å². The number of aliphatic hydroxyl groups excluding tert-OH is 1. The van der Waals surface area contributed by atoms with Gasteiger partial charge in [-0.2, -0.15) is 0 Å². The van der Waals surface area contributed by atoms with Crippen molar-refractivity contribution >= 4 is 5.97 Å². The van der Waals surface area contributed by atoms with Crippen LogP contribution in [0.25, 0.3) is 0 Å². The fourth-order valence-corrected chi connectivity index (χ4v) is 3.18. The van der Waals surface area contributed by atoms with Crippen molar-refractivity contribution in [1.82, 2.24) is 4.90 Å². The number of ether oxygens (including phenoxy) is 1. The molecule has 0 amide bonds. The highest BCUT2D eigenvalue weighted by atomic mass is 16.6. The molecule has 4 nitrogen and oxygen atoms in total. The lowest BCUT2D eigenvalue weighted by atomic mass is 9.94. The zero-order chi connectivity index (χ0) is 18.6. The van der Waals surface area contributed by atoms with Crippen LogP contribution in [0.2, 0.25) is 0 Å². The zero-order valence-corrected chi connectivity index (χ0v) is 16.9. The summed E-state index contributed by atoms with van der Waals surface area (Å²) in [5.41, 5.74) is -0.925. The van der Waals surface area contributed by atoms with E-state index in [-0.39, 0.29) is 5.97 Å². The molecule has 0 radical (unpaired) electrons. The van der Waals surface area contributed by atoms with E-state index >= 15 is 0 Å². The molecule has 0 fully saturated rings. The highest BCUT2D eigenvalue weighted by Gasteiger charge is 2.42. The van der Waals surface area contributed by atoms with Crippen LogP contribution in [0.3, 0.4) is 0 Å². The number of likely N-dealkylation sites (N-methyl/N-ethyl adjacent to an activating group) is 1. The second-order valence-corrected chi connectivity index (χ2v) is 7.71. The minimum atomic E-state index is -0.925. The van der Waals surface area contributed by atoms with Gasteiger partial charge in [0.2, 0.25) is 0 Å². The monoisotopic (exact) mass is 343 g/mol. The van der Waals surface area contributed by atoms with E-state index in [4.69, 9.17) is 4.74 Å². The number of esters is 1. The average Bonchev–Trinajstić information content (AvgIpc) is 2.48. The van der Waals surface area contributed by atoms with Crippen LogP contribution in [0.5, 0.6) is 0 Å². The van der Waals surface area contributed by atoms with Gasteiger partial charge >= 0.3 is 5.97 Å². The van der Waals surface area contributed by atoms with Crippen LogP contribution >= 0.6 is 0 Å². The number of carbonyl (C=O) groups excluding carboxylic acids is 1. The number of nitrogens with zero attached hydrogens (tertiary/aromatic N) is 1. The molecule has 2 unspecified atom stereocenters. The van der Waals surface area contributed by atoms with Gasteiger partial charge in [0.05, 0.1) is 0 Å². The number of carbonyl (C=O) groups is 1. The molecule has 0 aromatic rings. The first-order valence-corrected chi connectivity index (χ1v) is 9.83. The normalized spacial score (nSPS) is 15.5. The van der Waals surface area contributed by atoms with E-state index < -0.39 is 11.8 Å². The number of hydrogen-bond donors (Lipinski definition) is 1. The van der Waals surface area contributed by atoms with E-state index in [0.717, 1.165) is 12.8 Å². The summed E-state index contributed by atoms with van der Waals surface area (Å²) in [6, 6.07) is 0. The van der Waals surface area contributed by atoms with Gasteiger partial charge in [0.1, 0.15) is 6.10 Å². The fourth-order valence-electron chi connectivity index (χ4n) is 3.18. The van der Waals surface area contributed by atoms with Gasteiger partial charge < -0.3 is 9.84 Å². The van der Waals surface area contributed by atoms with Crippen molar-refractivity contribution in [2.45, 2.75) is 104 Å².